The summed E-state index contributed by atoms with van der Waals surface area (Å²) in [6.07, 6.45) is 7.98. The van der Waals surface area contributed by atoms with Crippen molar-refractivity contribution in [2.75, 3.05) is 50.5 Å². The molecule has 64 heavy (non-hydrogen) atoms. The first kappa shape index (κ1) is 48.5. The Kier molecular flexibility index (Phi) is 18.5. The number of pyridine rings is 1. The average Bonchev–Trinajstić information content (AvgIpc) is 3.30. The molecule has 5 amide bonds. The number of nitrogens with two attached hydrogens (primary N) is 2. The number of unbranched alkanes of at least 4 members (excludes halogenated alkanes) is 1. The first-order chi connectivity index (χ1) is 30.9. The van der Waals surface area contributed by atoms with E-state index in [9.17, 15) is 33.2 Å². The normalized spacial score (nSPS) is 18.5. The second kappa shape index (κ2) is 24.4. The van der Waals surface area contributed by atoms with Crippen LogP contribution in [0.5, 0.6) is 0 Å². The lowest BCUT2D eigenvalue weighted by molar-refractivity contribution is -0.146. The minimum atomic E-state index is -1.11. The zero-order valence-corrected chi connectivity index (χ0v) is 35.2. The quantitative estimate of drug-likeness (QED) is 0.0176. The fraction of sp³-hybridized carbons (Fsp3) is 0.476. The van der Waals surface area contributed by atoms with Crippen LogP contribution in [0, 0.1) is 40.7 Å². The number of amides is 5. The molecule has 0 saturated heterocycles. The Morgan fingerprint density at radius 3 is 2.36 bits per heavy atom. The van der Waals surface area contributed by atoms with Gasteiger partial charge in [0.1, 0.15) is 36.4 Å². The minimum absolute atomic E-state index is 0.0221. The summed E-state index contributed by atoms with van der Waals surface area (Å²) < 4.78 is 29.0. The molecule has 344 valence electrons. The molecule has 20 nitrogen and oxygen atoms in total. The molecule has 3 aliphatic rings. The number of aldehydes is 1. The van der Waals surface area contributed by atoms with Gasteiger partial charge in [-0.05, 0) is 68.5 Å². The van der Waals surface area contributed by atoms with Gasteiger partial charge < -0.3 is 48.2 Å². The van der Waals surface area contributed by atoms with E-state index in [1.54, 1.807) is 30.3 Å². The number of rotatable bonds is 25. The highest BCUT2D eigenvalue weighted by Crippen LogP contribution is 2.46. The number of hydroxylamine groups is 1. The number of nitrogen functional groups attached to an aromatic ring is 1. The molecule has 3 aromatic rings. The topological polar surface area (TPSA) is 310 Å². The van der Waals surface area contributed by atoms with Gasteiger partial charge in [-0.15, -0.1) is 0 Å². The molecule has 0 spiro atoms. The van der Waals surface area contributed by atoms with Gasteiger partial charge in [0.25, 0.3) is 0 Å². The summed E-state index contributed by atoms with van der Waals surface area (Å²) in [4.78, 5) is 93.0. The lowest BCUT2D eigenvalue weighted by atomic mass is 9.61. The molecule has 0 aliphatic heterocycles. The summed E-state index contributed by atoms with van der Waals surface area (Å²) in [7, 11) is 0. The molecule has 3 aliphatic carbocycles. The molecule has 22 heteroatoms. The SMILES string of the molecule is N=C(c1ncc(F)c(N[C@H]2C3CCC(CC3)[C@@H]2C(=O)NOCNC(=O)CNC(=O)[C@H](Cc2ccccc2)NC(=O)CNC(=O)CNCC(C=O)CCCCN)n1)c1cc(F)cnc1N. The Hall–Kier alpha value is -6.52. The fourth-order valence-corrected chi connectivity index (χ4v) is 7.88. The maximum atomic E-state index is 15.1. The molecule has 3 fully saturated rings. The van der Waals surface area contributed by atoms with Crippen molar-refractivity contribution in [1.82, 2.24) is 47.0 Å². The molecule has 1 unspecified atom stereocenters. The standard InChI is InChI=1S/C42H55F2N13O7/c43-28-15-29(38(47)50-17-28)36(46)40-51-18-30(44)39(56-40)55-37-27-11-9-26(10-12-27)35(37)42(63)57-64-23-53-33(60)20-52-41(62)31(14-24-6-2-1-3-7-24)54-34(61)21-49-32(59)19-48-16-25(22-58)8-4-5-13-45/h1-3,6-7,15,17-18,22,25-27,31,35,37,46,48H,4-5,8-14,16,19-21,23,45H2,(H2,47,50)(H,49,59)(H,52,62)(H,53,60)(H,54,61)(H,57,63)(H,51,55,56)/t25?,26?,27?,31-,35-,37-/m0/s1. The van der Waals surface area contributed by atoms with Crippen molar-refractivity contribution in [3.8, 4) is 0 Å². The number of carbonyl (C=O) groups is 6. The number of nitrogens with zero attached hydrogens (tertiary/aromatic N) is 3. The smallest absolute Gasteiger partial charge is 0.249 e. The minimum Gasteiger partial charge on any atom is -0.383 e. The molecule has 3 saturated carbocycles. The van der Waals surface area contributed by atoms with E-state index < -0.39 is 79.0 Å². The highest BCUT2D eigenvalue weighted by molar-refractivity contribution is 6.11. The second-order valence-corrected chi connectivity index (χ2v) is 15.7. The predicted octanol–water partition coefficient (Wildman–Crippen LogP) is -0.0200. The lowest BCUT2D eigenvalue weighted by Crippen LogP contribution is -2.54. The molecule has 4 atom stereocenters. The molecule has 12 N–H and O–H groups in total. The van der Waals surface area contributed by atoms with Crippen LogP contribution in [0.3, 0.4) is 0 Å². The molecule has 1 aromatic carbocycles. The van der Waals surface area contributed by atoms with Crippen LogP contribution in [-0.2, 0) is 40.0 Å². The van der Waals surface area contributed by atoms with E-state index in [1.165, 1.54) is 0 Å². The van der Waals surface area contributed by atoms with Crippen LogP contribution in [0.1, 0.15) is 61.9 Å². The van der Waals surface area contributed by atoms with E-state index in [1.807, 2.05) is 0 Å². The average molecular weight is 892 g/mol. The summed E-state index contributed by atoms with van der Waals surface area (Å²) in [6.45, 7) is -0.690. The lowest BCUT2D eigenvalue weighted by Gasteiger charge is -2.48. The first-order valence-electron chi connectivity index (χ1n) is 21.1. The van der Waals surface area contributed by atoms with E-state index in [0.29, 0.717) is 19.5 Å². The van der Waals surface area contributed by atoms with Gasteiger partial charge in [-0.25, -0.2) is 29.2 Å². The Morgan fingerprint density at radius 2 is 1.62 bits per heavy atom. The van der Waals surface area contributed by atoms with Gasteiger partial charge in [-0.3, -0.25) is 34.2 Å². The Bertz CT molecular complexity index is 2110. The molecule has 0 radical (unpaired) electrons. The van der Waals surface area contributed by atoms with Crippen LogP contribution in [0.25, 0.3) is 0 Å². The van der Waals surface area contributed by atoms with Gasteiger partial charge in [0, 0.05) is 30.5 Å². The van der Waals surface area contributed by atoms with Gasteiger partial charge in [0.15, 0.2) is 17.5 Å². The largest absolute Gasteiger partial charge is 0.383 e. The van der Waals surface area contributed by atoms with Gasteiger partial charge in [-0.2, -0.15) is 0 Å². The Morgan fingerprint density at radius 1 is 0.906 bits per heavy atom. The van der Waals surface area contributed by atoms with Crippen LogP contribution in [0.2, 0.25) is 0 Å². The maximum absolute atomic E-state index is 15.1. The number of carbonyl (C=O) groups excluding carboxylic acids is 6. The third kappa shape index (κ3) is 14.3. The van der Waals surface area contributed by atoms with Crippen molar-refractivity contribution in [2.45, 2.75) is 63.5 Å². The number of halogens is 2. The molecule has 2 bridgehead atoms. The van der Waals surface area contributed by atoms with Crippen molar-refractivity contribution < 1.29 is 42.4 Å². The zero-order chi connectivity index (χ0) is 46.0. The van der Waals surface area contributed by atoms with Gasteiger partial charge in [-0.1, -0.05) is 36.8 Å². The molecule has 2 aromatic heterocycles. The second-order valence-electron chi connectivity index (χ2n) is 15.7. The number of hydrogen-bond donors (Lipinski definition) is 10. The van der Waals surface area contributed by atoms with Crippen molar-refractivity contribution in [2.24, 2.45) is 29.4 Å². The van der Waals surface area contributed by atoms with Crippen LogP contribution < -0.4 is 48.8 Å². The van der Waals surface area contributed by atoms with E-state index >= 15 is 4.39 Å². The predicted molar refractivity (Wildman–Crippen MR) is 229 cm³/mol. The number of aromatic nitrogens is 3. The highest BCUT2D eigenvalue weighted by Gasteiger charge is 2.47. The van der Waals surface area contributed by atoms with Crippen molar-refractivity contribution in [3.63, 3.8) is 0 Å². The number of nitrogens with one attached hydrogen (secondary N) is 8. The fourth-order valence-electron chi connectivity index (χ4n) is 7.88. The first-order valence-corrected chi connectivity index (χ1v) is 21.1. The van der Waals surface area contributed by atoms with E-state index in [0.717, 1.165) is 68.8 Å². The highest BCUT2D eigenvalue weighted by atomic mass is 19.1. The summed E-state index contributed by atoms with van der Waals surface area (Å²) in [6, 6.07) is 8.17. The van der Waals surface area contributed by atoms with E-state index in [2.05, 4.69) is 52.3 Å². The number of anilines is 2. The van der Waals surface area contributed by atoms with Crippen molar-refractivity contribution in [3.05, 3.63) is 77.4 Å². The number of fused-ring (bicyclic) bond motifs is 3. The van der Waals surface area contributed by atoms with E-state index in [-0.39, 0.29) is 59.5 Å². The summed E-state index contributed by atoms with van der Waals surface area (Å²) in [5.41, 5.74) is 14.0. The van der Waals surface area contributed by atoms with Crippen LogP contribution in [0.4, 0.5) is 20.4 Å². The molecular formula is C42H55F2N13O7. The number of hydrogen-bond acceptors (Lipinski definition) is 15. The van der Waals surface area contributed by atoms with Crippen molar-refractivity contribution in [1.29, 1.82) is 5.41 Å². The summed E-state index contributed by atoms with van der Waals surface area (Å²) >= 11 is 0. The van der Waals surface area contributed by atoms with Crippen LogP contribution >= 0.6 is 0 Å². The van der Waals surface area contributed by atoms with E-state index in [4.69, 9.17) is 21.7 Å². The summed E-state index contributed by atoms with van der Waals surface area (Å²) in [5, 5.41) is 24.4. The Labute approximate surface area is 368 Å². The van der Waals surface area contributed by atoms with Gasteiger partial charge in [0.2, 0.25) is 29.5 Å². The Balaban J connectivity index is 1.08. The maximum Gasteiger partial charge on any atom is 0.249 e. The molecule has 6 rings (SSSR count). The van der Waals surface area contributed by atoms with Gasteiger partial charge >= 0.3 is 0 Å². The molecule has 2 heterocycles. The summed E-state index contributed by atoms with van der Waals surface area (Å²) in [5.74, 6) is -6.20. The zero-order valence-electron chi connectivity index (χ0n) is 35.2. The third-order valence-corrected chi connectivity index (χ3v) is 11.2. The monoisotopic (exact) mass is 891 g/mol. The van der Waals surface area contributed by atoms with Gasteiger partial charge in [0.05, 0.1) is 37.9 Å². The number of benzene rings is 1. The molecular weight excluding hydrogens is 837 g/mol. The van der Waals surface area contributed by atoms with Crippen LogP contribution in [0.15, 0.2) is 48.8 Å². The third-order valence-electron chi connectivity index (χ3n) is 11.2. The van der Waals surface area contributed by atoms with Crippen molar-refractivity contribution >= 4 is 53.2 Å². The van der Waals surface area contributed by atoms with Crippen LogP contribution in [-0.4, -0.2) is 108 Å².